The van der Waals surface area contributed by atoms with Gasteiger partial charge < -0.3 is 0 Å². The Morgan fingerprint density at radius 2 is 2.20 bits per heavy atom. The van der Waals surface area contributed by atoms with Crippen molar-refractivity contribution in [3.63, 3.8) is 0 Å². The van der Waals surface area contributed by atoms with E-state index in [9.17, 15) is 4.39 Å². The summed E-state index contributed by atoms with van der Waals surface area (Å²) in [5.74, 6) is -0.347. The molecule has 0 aliphatic carbocycles. The number of aryl methyl sites for hydroxylation is 1. The van der Waals surface area contributed by atoms with E-state index < -0.39 is 0 Å². The summed E-state index contributed by atoms with van der Waals surface area (Å²) in [6.45, 7) is 1.86. The van der Waals surface area contributed by atoms with E-state index in [4.69, 9.17) is 11.6 Å². The minimum atomic E-state index is -0.347. The maximum absolute atomic E-state index is 13.3. The van der Waals surface area contributed by atoms with Crippen molar-refractivity contribution < 1.29 is 4.39 Å². The molecule has 0 bridgehead atoms. The molecule has 2 rings (SSSR count). The van der Waals surface area contributed by atoms with Gasteiger partial charge in [0.25, 0.3) is 0 Å². The normalized spacial score (nSPS) is 10.7. The fourth-order valence-electron chi connectivity index (χ4n) is 1.28. The molecule has 2 aromatic rings. The van der Waals surface area contributed by atoms with Crippen molar-refractivity contribution >= 4 is 27.5 Å². The van der Waals surface area contributed by atoms with Crippen molar-refractivity contribution in [1.29, 1.82) is 0 Å². The van der Waals surface area contributed by atoms with Crippen molar-refractivity contribution in [3.05, 3.63) is 39.6 Å². The topological polar surface area (TPSA) is 30.7 Å². The Labute approximate surface area is 99.0 Å². The first-order valence-electron chi connectivity index (χ1n) is 4.11. The lowest BCUT2D eigenvalue weighted by Gasteiger charge is -2.07. The highest BCUT2D eigenvalue weighted by molar-refractivity contribution is 9.10. The monoisotopic (exact) mass is 289 g/mol. The third-order valence-corrected chi connectivity index (χ3v) is 2.87. The molecule has 0 radical (unpaired) electrons. The standard InChI is InChI=1S/C9H6BrClFN3/c1-5-2-6(10)7(12)3-8(5)15-4-13-14-9(15)11/h2-4H,1H3. The Kier molecular flexibility index (Phi) is 2.75. The van der Waals surface area contributed by atoms with Crippen LogP contribution in [0.2, 0.25) is 5.28 Å². The molecule has 0 spiro atoms. The van der Waals surface area contributed by atoms with E-state index in [1.165, 1.54) is 17.0 Å². The lowest BCUT2D eigenvalue weighted by molar-refractivity contribution is 0.619. The summed E-state index contributed by atoms with van der Waals surface area (Å²) >= 11 is 8.91. The molecule has 1 aromatic heterocycles. The van der Waals surface area contributed by atoms with Crippen LogP contribution in [0.25, 0.3) is 5.69 Å². The van der Waals surface area contributed by atoms with E-state index in [0.717, 1.165) is 5.56 Å². The molecule has 0 N–H and O–H groups in total. The maximum atomic E-state index is 13.3. The van der Waals surface area contributed by atoms with Crippen molar-refractivity contribution in [1.82, 2.24) is 14.8 Å². The summed E-state index contributed by atoms with van der Waals surface area (Å²) in [6.07, 6.45) is 1.44. The van der Waals surface area contributed by atoms with Gasteiger partial charge in [-0.1, -0.05) is 0 Å². The van der Waals surface area contributed by atoms with Crippen molar-refractivity contribution in [2.45, 2.75) is 6.92 Å². The lowest BCUT2D eigenvalue weighted by Crippen LogP contribution is -1.97. The van der Waals surface area contributed by atoms with Crippen molar-refractivity contribution in [3.8, 4) is 5.69 Å². The van der Waals surface area contributed by atoms with E-state index in [2.05, 4.69) is 26.1 Å². The third kappa shape index (κ3) is 1.89. The third-order valence-electron chi connectivity index (χ3n) is 2.00. The summed E-state index contributed by atoms with van der Waals surface area (Å²) in [5.41, 5.74) is 1.51. The van der Waals surface area contributed by atoms with Gasteiger partial charge in [0, 0.05) is 0 Å². The van der Waals surface area contributed by atoms with E-state index >= 15 is 0 Å². The first kappa shape index (κ1) is 10.6. The molecule has 6 heteroatoms. The van der Waals surface area contributed by atoms with Gasteiger partial charge in [-0.3, -0.25) is 4.57 Å². The van der Waals surface area contributed by atoms with Gasteiger partial charge in [-0.25, -0.2) is 4.39 Å². The van der Waals surface area contributed by atoms with Gasteiger partial charge in [0.05, 0.1) is 10.2 Å². The predicted octanol–water partition coefficient (Wildman–Crippen LogP) is 3.13. The minimum absolute atomic E-state index is 0.208. The molecule has 0 aliphatic heterocycles. The Balaban J connectivity index is 2.64. The van der Waals surface area contributed by atoms with Gasteiger partial charge >= 0.3 is 0 Å². The zero-order valence-electron chi connectivity index (χ0n) is 7.71. The highest BCUT2D eigenvalue weighted by atomic mass is 79.9. The fraction of sp³-hybridized carbons (Fsp3) is 0.111. The van der Waals surface area contributed by atoms with Gasteiger partial charge in [0.1, 0.15) is 12.1 Å². The smallest absolute Gasteiger partial charge is 0.229 e. The number of rotatable bonds is 1. The van der Waals surface area contributed by atoms with Crippen LogP contribution in [0.1, 0.15) is 5.56 Å². The van der Waals surface area contributed by atoms with Crippen LogP contribution in [0.3, 0.4) is 0 Å². The SMILES string of the molecule is Cc1cc(Br)c(F)cc1-n1cnnc1Cl. The molecule has 0 atom stereocenters. The van der Waals surface area contributed by atoms with E-state index in [1.807, 2.05) is 6.92 Å². The fourth-order valence-corrected chi connectivity index (χ4v) is 1.91. The molecule has 1 aromatic carbocycles. The zero-order valence-corrected chi connectivity index (χ0v) is 10.0. The van der Waals surface area contributed by atoms with Crippen LogP contribution in [0.4, 0.5) is 4.39 Å². The number of hydrogen-bond acceptors (Lipinski definition) is 2. The Bertz CT molecular complexity index is 512. The second-order valence-electron chi connectivity index (χ2n) is 3.02. The van der Waals surface area contributed by atoms with Gasteiger partial charge in [-0.15, -0.1) is 10.2 Å². The van der Waals surface area contributed by atoms with Crippen LogP contribution >= 0.6 is 27.5 Å². The first-order chi connectivity index (χ1) is 7.09. The highest BCUT2D eigenvalue weighted by Crippen LogP contribution is 2.24. The molecule has 78 valence electrons. The number of hydrogen-bond donors (Lipinski definition) is 0. The van der Waals surface area contributed by atoms with Gasteiger partial charge in [0.15, 0.2) is 0 Å². The molecule has 0 aliphatic rings. The van der Waals surface area contributed by atoms with Gasteiger partial charge in [0.2, 0.25) is 5.28 Å². The first-order valence-corrected chi connectivity index (χ1v) is 5.28. The number of halogens is 3. The molecular formula is C9H6BrClFN3. The second-order valence-corrected chi connectivity index (χ2v) is 4.22. The molecule has 3 nitrogen and oxygen atoms in total. The van der Waals surface area contributed by atoms with Crippen LogP contribution in [-0.4, -0.2) is 14.8 Å². The Morgan fingerprint density at radius 1 is 1.47 bits per heavy atom. The van der Waals surface area contributed by atoms with Crippen LogP contribution in [0.5, 0.6) is 0 Å². The molecule has 15 heavy (non-hydrogen) atoms. The molecule has 0 saturated heterocycles. The lowest BCUT2D eigenvalue weighted by atomic mass is 10.2. The highest BCUT2D eigenvalue weighted by Gasteiger charge is 2.09. The van der Waals surface area contributed by atoms with Crippen molar-refractivity contribution in [2.75, 3.05) is 0 Å². The van der Waals surface area contributed by atoms with E-state index in [1.54, 1.807) is 6.07 Å². The average Bonchev–Trinajstić information content (AvgIpc) is 2.58. The van der Waals surface area contributed by atoms with Crippen LogP contribution in [0, 0.1) is 12.7 Å². The molecule has 0 saturated carbocycles. The molecule has 0 fully saturated rings. The predicted molar refractivity (Wildman–Crippen MR) is 58.8 cm³/mol. The summed E-state index contributed by atoms with van der Waals surface area (Å²) < 4.78 is 15.3. The quantitative estimate of drug-likeness (QED) is 0.808. The largest absolute Gasteiger partial charge is 0.272 e. The van der Waals surface area contributed by atoms with Crippen LogP contribution in [0.15, 0.2) is 22.9 Å². The van der Waals surface area contributed by atoms with Gasteiger partial charge in [-0.05, 0) is 52.2 Å². The zero-order chi connectivity index (χ0) is 11.0. The minimum Gasteiger partial charge on any atom is -0.272 e. The molecule has 1 heterocycles. The molecule has 0 amide bonds. The number of nitrogens with zero attached hydrogens (tertiary/aromatic N) is 3. The average molecular weight is 291 g/mol. The summed E-state index contributed by atoms with van der Waals surface area (Å²) in [6, 6.07) is 3.07. The summed E-state index contributed by atoms with van der Waals surface area (Å²) in [5, 5.41) is 7.48. The van der Waals surface area contributed by atoms with E-state index in [0.29, 0.717) is 10.2 Å². The molecule has 0 unspecified atom stereocenters. The summed E-state index contributed by atoms with van der Waals surface area (Å²) in [7, 11) is 0. The molecular weight excluding hydrogens is 284 g/mol. The number of aromatic nitrogens is 3. The van der Waals surface area contributed by atoms with Crippen LogP contribution < -0.4 is 0 Å². The second kappa shape index (κ2) is 3.90. The van der Waals surface area contributed by atoms with Crippen molar-refractivity contribution in [2.24, 2.45) is 0 Å². The van der Waals surface area contributed by atoms with Crippen LogP contribution in [-0.2, 0) is 0 Å². The number of benzene rings is 1. The Morgan fingerprint density at radius 3 is 2.80 bits per heavy atom. The Hall–Kier alpha value is -0.940. The maximum Gasteiger partial charge on any atom is 0.229 e. The summed E-state index contributed by atoms with van der Waals surface area (Å²) in [4.78, 5) is 0. The van der Waals surface area contributed by atoms with Gasteiger partial charge in [-0.2, -0.15) is 0 Å². The van der Waals surface area contributed by atoms with E-state index in [-0.39, 0.29) is 11.1 Å².